The van der Waals surface area contributed by atoms with E-state index < -0.39 is 17.4 Å². The van der Waals surface area contributed by atoms with Crippen molar-refractivity contribution < 1.29 is 19.1 Å². The number of fused-ring (bicyclic) bond motifs is 1. The van der Waals surface area contributed by atoms with Crippen molar-refractivity contribution in [1.29, 1.82) is 0 Å². The van der Waals surface area contributed by atoms with Crippen molar-refractivity contribution in [2.75, 3.05) is 19.5 Å². The number of ether oxygens (including phenoxy) is 2. The number of para-hydroxylation sites is 2. The summed E-state index contributed by atoms with van der Waals surface area (Å²) >= 11 is 0. The van der Waals surface area contributed by atoms with Gasteiger partial charge in [-0.25, -0.2) is 0 Å². The van der Waals surface area contributed by atoms with Crippen molar-refractivity contribution in [2.45, 2.75) is 19.1 Å². The van der Waals surface area contributed by atoms with Crippen LogP contribution in [-0.2, 0) is 16.1 Å². The van der Waals surface area contributed by atoms with Gasteiger partial charge in [0.1, 0.15) is 11.5 Å². The van der Waals surface area contributed by atoms with Crippen molar-refractivity contribution >= 4 is 17.5 Å². The van der Waals surface area contributed by atoms with Gasteiger partial charge < -0.3 is 19.7 Å². The summed E-state index contributed by atoms with van der Waals surface area (Å²) in [7, 11) is 3.25. The highest BCUT2D eigenvalue weighted by Gasteiger charge is 2.48. The molecule has 1 heterocycles. The number of nitrogens with zero attached hydrogens (tertiary/aromatic N) is 1. The Labute approximate surface area is 146 Å². The molecule has 2 amide bonds. The maximum Gasteiger partial charge on any atom is 0.278 e. The number of likely N-dealkylation sites (N-methyl/N-ethyl adjacent to an activating group) is 1. The molecule has 1 aliphatic rings. The molecule has 0 radical (unpaired) electrons. The number of amides is 2. The Morgan fingerprint density at radius 2 is 1.88 bits per heavy atom. The molecule has 0 aliphatic carbocycles. The largest absolute Gasteiger partial charge is 0.497 e. The lowest BCUT2D eigenvalue weighted by atomic mass is 10.0. The molecule has 0 spiro atoms. The molecule has 25 heavy (non-hydrogen) atoms. The van der Waals surface area contributed by atoms with Gasteiger partial charge in [-0.2, -0.15) is 0 Å². The normalized spacial score (nSPS) is 18.6. The summed E-state index contributed by atoms with van der Waals surface area (Å²) in [5.41, 5.74) is -0.109. The monoisotopic (exact) mass is 340 g/mol. The van der Waals surface area contributed by atoms with Gasteiger partial charge in [-0.1, -0.05) is 24.3 Å². The van der Waals surface area contributed by atoms with Crippen molar-refractivity contribution in [3.63, 3.8) is 0 Å². The minimum Gasteiger partial charge on any atom is -0.497 e. The van der Waals surface area contributed by atoms with Crippen LogP contribution in [0.1, 0.15) is 12.5 Å². The summed E-state index contributed by atoms with van der Waals surface area (Å²) in [6.07, 6.45) is 0. The third-order valence-corrected chi connectivity index (χ3v) is 4.22. The van der Waals surface area contributed by atoms with Gasteiger partial charge in [0, 0.05) is 13.6 Å². The maximum atomic E-state index is 12.9. The molecule has 6 heteroatoms. The first kappa shape index (κ1) is 16.8. The van der Waals surface area contributed by atoms with Gasteiger partial charge in [0.15, 0.2) is 0 Å². The number of carbonyl (C=O) groups is 2. The average Bonchev–Trinajstić information content (AvgIpc) is 2.62. The van der Waals surface area contributed by atoms with E-state index in [0.29, 0.717) is 18.0 Å². The number of hydrogen-bond donors (Lipinski definition) is 1. The summed E-state index contributed by atoms with van der Waals surface area (Å²) < 4.78 is 10.9. The minimum absolute atomic E-state index is 0.358. The first-order valence-corrected chi connectivity index (χ1v) is 7.92. The number of carbonyl (C=O) groups excluding carboxylic acids is 2. The topological polar surface area (TPSA) is 67.9 Å². The van der Waals surface area contributed by atoms with Gasteiger partial charge in [0.2, 0.25) is 0 Å². The van der Waals surface area contributed by atoms with Crippen LogP contribution in [0.25, 0.3) is 0 Å². The summed E-state index contributed by atoms with van der Waals surface area (Å²) in [5, 5.41) is 2.74. The van der Waals surface area contributed by atoms with Crippen molar-refractivity contribution in [3.05, 3.63) is 54.1 Å². The van der Waals surface area contributed by atoms with Gasteiger partial charge in [0.25, 0.3) is 17.4 Å². The lowest BCUT2D eigenvalue weighted by Gasteiger charge is -2.35. The molecule has 0 bridgehead atoms. The Balaban J connectivity index is 1.77. The Morgan fingerprint density at radius 3 is 2.56 bits per heavy atom. The molecule has 1 aliphatic heterocycles. The van der Waals surface area contributed by atoms with Crippen molar-refractivity contribution in [3.8, 4) is 11.5 Å². The zero-order chi connectivity index (χ0) is 18.0. The minimum atomic E-state index is -1.60. The Kier molecular flexibility index (Phi) is 4.35. The van der Waals surface area contributed by atoms with Gasteiger partial charge >= 0.3 is 0 Å². The second kappa shape index (κ2) is 6.47. The molecule has 6 nitrogen and oxygen atoms in total. The molecule has 1 atom stereocenters. The fourth-order valence-corrected chi connectivity index (χ4v) is 2.75. The molecule has 0 saturated carbocycles. The molecule has 0 aromatic heterocycles. The third-order valence-electron chi connectivity index (χ3n) is 4.22. The van der Waals surface area contributed by atoms with Gasteiger partial charge in [0.05, 0.1) is 12.8 Å². The number of hydrogen-bond acceptors (Lipinski definition) is 4. The molecule has 130 valence electrons. The predicted octanol–water partition coefficient (Wildman–Crippen LogP) is 2.44. The Bertz CT molecular complexity index is 803. The molecular weight excluding hydrogens is 320 g/mol. The number of methoxy groups -OCH3 is 1. The van der Waals surface area contributed by atoms with Crippen LogP contribution in [0.4, 0.5) is 5.69 Å². The summed E-state index contributed by atoms with van der Waals surface area (Å²) in [5.74, 6) is 0.347. The molecule has 2 aromatic rings. The molecule has 0 saturated heterocycles. The number of benzene rings is 2. The smallest absolute Gasteiger partial charge is 0.278 e. The number of anilines is 1. The van der Waals surface area contributed by atoms with E-state index in [4.69, 9.17) is 9.47 Å². The standard InChI is InChI=1S/C19H20N2O4/c1-19(17(22)20-15-6-4-5-7-16(15)25-19)18(23)21(2)12-13-8-10-14(24-3)11-9-13/h4-11H,12H2,1-3H3,(H,20,22). The predicted molar refractivity (Wildman–Crippen MR) is 93.6 cm³/mol. The van der Waals surface area contributed by atoms with Crippen molar-refractivity contribution in [2.24, 2.45) is 0 Å². The van der Waals surface area contributed by atoms with Crippen molar-refractivity contribution in [1.82, 2.24) is 4.90 Å². The third kappa shape index (κ3) is 3.15. The summed E-state index contributed by atoms with van der Waals surface area (Å²) in [6.45, 7) is 1.85. The van der Waals surface area contributed by atoms with E-state index in [-0.39, 0.29) is 0 Å². The summed E-state index contributed by atoms with van der Waals surface area (Å²) in [6, 6.07) is 14.5. The van der Waals surface area contributed by atoms with Crippen LogP contribution in [0.15, 0.2) is 48.5 Å². The van der Waals surface area contributed by atoms with E-state index in [9.17, 15) is 9.59 Å². The van der Waals surface area contributed by atoms with E-state index in [1.54, 1.807) is 38.4 Å². The zero-order valence-electron chi connectivity index (χ0n) is 14.4. The quantitative estimate of drug-likeness (QED) is 0.868. The van der Waals surface area contributed by atoms with Gasteiger partial charge in [-0.3, -0.25) is 9.59 Å². The molecule has 1 unspecified atom stereocenters. The second-order valence-electron chi connectivity index (χ2n) is 6.09. The Hall–Kier alpha value is -3.02. The highest BCUT2D eigenvalue weighted by Crippen LogP contribution is 2.34. The molecule has 3 rings (SSSR count). The second-order valence-corrected chi connectivity index (χ2v) is 6.09. The van der Waals surface area contributed by atoms with Crippen LogP contribution in [-0.4, -0.2) is 36.5 Å². The van der Waals surface area contributed by atoms with Crippen LogP contribution in [0, 0.1) is 0 Å². The van der Waals surface area contributed by atoms with E-state index in [1.807, 2.05) is 24.3 Å². The molecule has 2 aromatic carbocycles. The maximum absolute atomic E-state index is 12.9. The van der Waals surface area contributed by atoms with Crippen LogP contribution < -0.4 is 14.8 Å². The zero-order valence-corrected chi connectivity index (χ0v) is 14.4. The van der Waals surface area contributed by atoms with Gasteiger partial charge in [-0.15, -0.1) is 0 Å². The lowest BCUT2D eigenvalue weighted by molar-refractivity contribution is -0.154. The van der Waals surface area contributed by atoms with Crippen LogP contribution >= 0.6 is 0 Å². The fourth-order valence-electron chi connectivity index (χ4n) is 2.75. The Morgan fingerprint density at radius 1 is 1.20 bits per heavy atom. The first-order valence-electron chi connectivity index (χ1n) is 7.92. The molecular formula is C19H20N2O4. The first-order chi connectivity index (χ1) is 11.9. The molecule has 0 fully saturated rings. The SMILES string of the molecule is COc1ccc(CN(C)C(=O)C2(C)Oc3ccccc3NC2=O)cc1. The highest BCUT2D eigenvalue weighted by molar-refractivity contribution is 6.15. The molecule has 1 N–H and O–H groups in total. The average molecular weight is 340 g/mol. The van der Waals surface area contributed by atoms with E-state index >= 15 is 0 Å². The number of rotatable bonds is 4. The summed E-state index contributed by atoms with van der Waals surface area (Å²) in [4.78, 5) is 26.8. The lowest BCUT2D eigenvalue weighted by Crippen LogP contribution is -2.58. The number of nitrogens with one attached hydrogen (secondary N) is 1. The van der Waals surface area contributed by atoms with E-state index in [2.05, 4.69) is 5.32 Å². The van der Waals surface area contributed by atoms with Crippen LogP contribution in [0.5, 0.6) is 11.5 Å². The fraction of sp³-hybridized carbons (Fsp3) is 0.263. The van der Waals surface area contributed by atoms with E-state index in [1.165, 1.54) is 11.8 Å². The van der Waals surface area contributed by atoms with Gasteiger partial charge in [-0.05, 0) is 36.8 Å². The highest BCUT2D eigenvalue weighted by atomic mass is 16.5. The van der Waals surface area contributed by atoms with Crippen LogP contribution in [0.2, 0.25) is 0 Å². The van der Waals surface area contributed by atoms with E-state index in [0.717, 1.165) is 11.3 Å². The van der Waals surface area contributed by atoms with Crippen LogP contribution in [0.3, 0.4) is 0 Å².